The van der Waals surface area contributed by atoms with Crippen LogP contribution in [0.2, 0.25) is 0 Å². The Balaban J connectivity index is 1.93. The third-order valence-electron chi connectivity index (χ3n) is 2.87. The van der Waals surface area contributed by atoms with Crippen molar-refractivity contribution in [2.45, 2.75) is 0 Å². The summed E-state index contributed by atoms with van der Waals surface area (Å²) in [6.45, 7) is 3.78. The van der Waals surface area contributed by atoms with Crippen molar-refractivity contribution in [1.82, 2.24) is 10.9 Å². The molecule has 0 spiro atoms. The van der Waals surface area contributed by atoms with Crippen LogP contribution in [0.4, 0.5) is 4.39 Å². The Morgan fingerprint density at radius 1 is 1.00 bits per heavy atom. The van der Waals surface area contributed by atoms with E-state index in [0.29, 0.717) is 22.6 Å². The van der Waals surface area contributed by atoms with Crippen molar-refractivity contribution >= 4 is 11.6 Å². The lowest BCUT2D eigenvalue weighted by Gasteiger charge is -2.11. The maximum Gasteiger partial charge on any atom is 0.269 e. The molecule has 1 amide bonds. The highest BCUT2D eigenvalue weighted by Gasteiger charge is 2.06. The number of carbonyl (C=O) groups is 1. The summed E-state index contributed by atoms with van der Waals surface area (Å²) in [6.07, 6.45) is 0. The van der Waals surface area contributed by atoms with Gasteiger partial charge in [0.25, 0.3) is 5.91 Å². The lowest BCUT2D eigenvalue weighted by atomic mass is 10.2. The number of halogens is 1. The largest absolute Gasteiger partial charge is 0.497 e. The number of hydrogen-bond donors (Lipinski definition) is 2. The van der Waals surface area contributed by atoms with E-state index in [1.807, 2.05) is 0 Å². The zero-order chi connectivity index (χ0) is 15.2. The molecule has 0 unspecified atom stereocenters. The number of methoxy groups -OCH3 is 1. The van der Waals surface area contributed by atoms with E-state index in [-0.39, 0.29) is 11.7 Å². The molecular formula is C16H15FN2O2. The van der Waals surface area contributed by atoms with E-state index in [1.54, 1.807) is 43.5 Å². The molecule has 0 heterocycles. The summed E-state index contributed by atoms with van der Waals surface area (Å²) in [5, 5.41) is 0. The fourth-order valence-electron chi connectivity index (χ4n) is 1.67. The molecule has 0 aliphatic rings. The molecule has 2 rings (SSSR count). The normalized spacial score (nSPS) is 9.81. The van der Waals surface area contributed by atoms with Crippen molar-refractivity contribution in [3.63, 3.8) is 0 Å². The first-order chi connectivity index (χ1) is 10.1. The highest BCUT2D eigenvalue weighted by Crippen LogP contribution is 2.12. The third-order valence-corrected chi connectivity index (χ3v) is 2.87. The van der Waals surface area contributed by atoms with Crippen molar-refractivity contribution in [2.24, 2.45) is 0 Å². The second-order valence-corrected chi connectivity index (χ2v) is 4.29. The molecule has 0 aliphatic carbocycles. The van der Waals surface area contributed by atoms with Crippen LogP contribution in [-0.2, 0) is 0 Å². The summed E-state index contributed by atoms with van der Waals surface area (Å²) < 4.78 is 17.8. The SMILES string of the molecule is C=C(NNC(=O)c1ccc(OC)cc1)c1ccc(F)cc1. The quantitative estimate of drug-likeness (QED) is 0.831. The van der Waals surface area contributed by atoms with Gasteiger partial charge in [-0.2, -0.15) is 0 Å². The van der Waals surface area contributed by atoms with Crippen LogP contribution >= 0.6 is 0 Å². The van der Waals surface area contributed by atoms with Crippen LogP contribution in [0.3, 0.4) is 0 Å². The van der Waals surface area contributed by atoms with Gasteiger partial charge in [-0.05, 0) is 54.1 Å². The number of nitrogens with one attached hydrogen (secondary N) is 2. The Labute approximate surface area is 122 Å². The maximum atomic E-state index is 12.8. The van der Waals surface area contributed by atoms with E-state index >= 15 is 0 Å². The lowest BCUT2D eigenvalue weighted by molar-refractivity contribution is 0.0942. The van der Waals surface area contributed by atoms with E-state index in [1.165, 1.54) is 12.1 Å². The number of benzene rings is 2. The highest BCUT2D eigenvalue weighted by atomic mass is 19.1. The van der Waals surface area contributed by atoms with Crippen LogP contribution in [-0.4, -0.2) is 13.0 Å². The van der Waals surface area contributed by atoms with Gasteiger partial charge in [0.2, 0.25) is 0 Å². The fourth-order valence-corrected chi connectivity index (χ4v) is 1.67. The lowest BCUT2D eigenvalue weighted by Crippen LogP contribution is -2.35. The number of ether oxygens (including phenoxy) is 1. The molecule has 0 saturated carbocycles. The Hall–Kier alpha value is -2.82. The Bertz CT molecular complexity index is 636. The second kappa shape index (κ2) is 6.56. The molecule has 0 aromatic heterocycles. The zero-order valence-corrected chi connectivity index (χ0v) is 11.5. The standard InChI is InChI=1S/C16H15FN2O2/c1-11(12-3-7-14(17)8-4-12)18-19-16(20)13-5-9-15(21-2)10-6-13/h3-10,18H,1H2,2H3,(H,19,20). The fraction of sp³-hybridized carbons (Fsp3) is 0.0625. The Morgan fingerprint density at radius 2 is 1.57 bits per heavy atom. The number of carbonyl (C=O) groups excluding carboxylic acids is 1. The van der Waals surface area contributed by atoms with E-state index in [0.717, 1.165) is 0 Å². The summed E-state index contributed by atoms with van der Waals surface area (Å²) in [5.74, 6) is 0.0463. The van der Waals surface area contributed by atoms with Gasteiger partial charge in [0, 0.05) is 5.56 Å². The minimum atomic E-state index is -0.325. The highest BCUT2D eigenvalue weighted by molar-refractivity contribution is 5.94. The monoisotopic (exact) mass is 286 g/mol. The predicted molar refractivity (Wildman–Crippen MR) is 79.0 cm³/mol. The van der Waals surface area contributed by atoms with Crippen LogP contribution < -0.4 is 15.6 Å². The average molecular weight is 286 g/mol. The van der Waals surface area contributed by atoms with Gasteiger partial charge in [-0.1, -0.05) is 6.58 Å². The minimum Gasteiger partial charge on any atom is -0.497 e. The molecule has 2 aromatic rings. The van der Waals surface area contributed by atoms with Crippen molar-refractivity contribution in [3.05, 3.63) is 72.1 Å². The van der Waals surface area contributed by atoms with Crippen molar-refractivity contribution in [1.29, 1.82) is 0 Å². The van der Waals surface area contributed by atoms with Gasteiger partial charge >= 0.3 is 0 Å². The maximum absolute atomic E-state index is 12.8. The van der Waals surface area contributed by atoms with Gasteiger partial charge in [-0.25, -0.2) is 4.39 Å². The van der Waals surface area contributed by atoms with E-state index in [2.05, 4.69) is 17.4 Å². The first-order valence-corrected chi connectivity index (χ1v) is 6.25. The Morgan fingerprint density at radius 3 is 2.14 bits per heavy atom. The van der Waals surface area contributed by atoms with Gasteiger partial charge in [-0.3, -0.25) is 15.6 Å². The number of rotatable bonds is 5. The minimum absolute atomic E-state index is 0.305. The molecule has 2 aromatic carbocycles. The van der Waals surface area contributed by atoms with Crippen molar-refractivity contribution < 1.29 is 13.9 Å². The molecule has 0 saturated heterocycles. The third kappa shape index (κ3) is 3.82. The summed E-state index contributed by atoms with van der Waals surface area (Å²) >= 11 is 0. The molecule has 5 heteroatoms. The molecule has 0 aliphatic heterocycles. The molecule has 108 valence electrons. The molecule has 21 heavy (non-hydrogen) atoms. The van der Waals surface area contributed by atoms with Gasteiger partial charge in [-0.15, -0.1) is 0 Å². The predicted octanol–water partition coefficient (Wildman–Crippen LogP) is 2.74. The smallest absolute Gasteiger partial charge is 0.269 e. The molecule has 0 radical (unpaired) electrons. The van der Waals surface area contributed by atoms with Gasteiger partial charge in [0.05, 0.1) is 12.8 Å². The number of hydrazine groups is 1. The number of amides is 1. The van der Waals surface area contributed by atoms with Gasteiger partial charge in [0.15, 0.2) is 0 Å². The first kappa shape index (κ1) is 14.6. The van der Waals surface area contributed by atoms with Crippen molar-refractivity contribution in [2.75, 3.05) is 7.11 Å². The van der Waals surface area contributed by atoms with Gasteiger partial charge in [0.1, 0.15) is 11.6 Å². The molecule has 0 fully saturated rings. The van der Waals surface area contributed by atoms with E-state index < -0.39 is 0 Å². The zero-order valence-electron chi connectivity index (χ0n) is 11.5. The van der Waals surface area contributed by atoms with Crippen LogP contribution in [0.15, 0.2) is 55.1 Å². The summed E-state index contributed by atoms with van der Waals surface area (Å²) in [6, 6.07) is 12.5. The van der Waals surface area contributed by atoms with Crippen LogP contribution in [0.25, 0.3) is 5.70 Å². The van der Waals surface area contributed by atoms with E-state index in [4.69, 9.17) is 4.74 Å². The van der Waals surface area contributed by atoms with Crippen molar-refractivity contribution in [3.8, 4) is 5.75 Å². The van der Waals surface area contributed by atoms with Gasteiger partial charge < -0.3 is 4.74 Å². The number of hydrogen-bond acceptors (Lipinski definition) is 3. The Kier molecular flexibility index (Phi) is 4.56. The molecule has 2 N–H and O–H groups in total. The van der Waals surface area contributed by atoms with E-state index in [9.17, 15) is 9.18 Å². The molecule has 0 atom stereocenters. The summed E-state index contributed by atoms with van der Waals surface area (Å²) in [7, 11) is 1.56. The molecule has 0 bridgehead atoms. The summed E-state index contributed by atoms with van der Waals surface area (Å²) in [4.78, 5) is 11.9. The summed E-state index contributed by atoms with van der Waals surface area (Å²) in [5.41, 5.74) is 6.86. The van der Waals surface area contributed by atoms with Crippen LogP contribution in [0.5, 0.6) is 5.75 Å². The first-order valence-electron chi connectivity index (χ1n) is 6.25. The molecule has 4 nitrogen and oxygen atoms in total. The average Bonchev–Trinajstić information content (AvgIpc) is 2.53. The molecular weight excluding hydrogens is 271 g/mol. The topological polar surface area (TPSA) is 50.4 Å². The van der Waals surface area contributed by atoms with Crippen LogP contribution in [0.1, 0.15) is 15.9 Å². The second-order valence-electron chi connectivity index (χ2n) is 4.29. The van der Waals surface area contributed by atoms with Crippen LogP contribution in [0, 0.1) is 5.82 Å².